The average molecular weight is 313 g/mol. The van der Waals surface area contributed by atoms with Crippen LogP contribution in [0.5, 0.6) is 0 Å². The summed E-state index contributed by atoms with van der Waals surface area (Å²) in [4.78, 5) is 39.1. The molecule has 2 aliphatic heterocycles. The van der Waals surface area contributed by atoms with Crippen molar-refractivity contribution in [2.75, 3.05) is 0 Å². The van der Waals surface area contributed by atoms with Gasteiger partial charge in [0, 0.05) is 24.1 Å². The van der Waals surface area contributed by atoms with E-state index in [1.807, 2.05) is 6.08 Å². The van der Waals surface area contributed by atoms with Crippen LogP contribution >= 0.6 is 0 Å². The monoisotopic (exact) mass is 313 g/mol. The molecule has 0 saturated carbocycles. The molecule has 6 nitrogen and oxygen atoms in total. The zero-order chi connectivity index (χ0) is 16.4. The molecule has 0 bridgehead atoms. The molecule has 2 unspecified atom stereocenters. The van der Waals surface area contributed by atoms with Crippen molar-refractivity contribution in [3.63, 3.8) is 0 Å². The number of hydrogen-bond acceptors (Lipinski definition) is 3. The fourth-order valence-corrected chi connectivity index (χ4v) is 3.06. The molecule has 2 atom stereocenters. The van der Waals surface area contributed by atoms with Crippen LogP contribution < -0.4 is 10.6 Å². The number of rotatable bonds is 3. The van der Waals surface area contributed by atoms with Gasteiger partial charge < -0.3 is 10.6 Å². The second-order valence-electron chi connectivity index (χ2n) is 5.93. The lowest BCUT2D eigenvalue weighted by Gasteiger charge is -2.27. The van der Waals surface area contributed by atoms with Crippen molar-refractivity contribution in [3.8, 4) is 0 Å². The quantitative estimate of drug-likeness (QED) is 0.819. The molecular formula is C17H19N3O3. The van der Waals surface area contributed by atoms with Gasteiger partial charge in [-0.05, 0) is 25.0 Å². The molecule has 1 fully saturated rings. The van der Waals surface area contributed by atoms with Gasteiger partial charge in [0.15, 0.2) is 0 Å². The molecule has 3 rings (SSSR count). The maximum atomic E-state index is 12.1. The second-order valence-corrected chi connectivity index (χ2v) is 5.93. The minimum Gasteiger partial charge on any atom is -0.344 e. The Labute approximate surface area is 134 Å². The van der Waals surface area contributed by atoms with Crippen LogP contribution in [0, 0.1) is 5.92 Å². The molecule has 23 heavy (non-hydrogen) atoms. The molecule has 0 radical (unpaired) electrons. The molecule has 1 aliphatic carbocycles. The maximum absolute atomic E-state index is 12.1. The van der Waals surface area contributed by atoms with E-state index in [0.29, 0.717) is 18.6 Å². The lowest BCUT2D eigenvalue weighted by atomic mass is 9.85. The third-order valence-electron chi connectivity index (χ3n) is 4.15. The van der Waals surface area contributed by atoms with Crippen LogP contribution in [0.4, 0.5) is 0 Å². The molecule has 1 saturated heterocycles. The van der Waals surface area contributed by atoms with Crippen LogP contribution in [0.1, 0.15) is 32.6 Å². The number of carbonyl (C=O) groups is 3. The van der Waals surface area contributed by atoms with Gasteiger partial charge in [-0.25, -0.2) is 4.99 Å². The zero-order valence-electron chi connectivity index (χ0n) is 13.0. The highest BCUT2D eigenvalue weighted by Crippen LogP contribution is 2.29. The summed E-state index contributed by atoms with van der Waals surface area (Å²) in [7, 11) is 0. The molecule has 0 aromatic heterocycles. The molecule has 6 heteroatoms. The highest BCUT2D eigenvalue weighted by Gasteiger charge is 2.28. The summed E-state index contributed by atoms with van der Waals surface area (Å²) < 4.78 is 0. The van der Waals surface area contributed by atoms with E-state index in [4.69, 9.17) is 0 Å². The first-order chi connectivity index (χ1) is 11.1. The van der Waals surface area contributed by atoms with E-state index in [9.17, 15) is 14.4 Å². The van der Waals surface area contributed by atoms with E-state index in [1.54, 1.807) is 18.2 Å². The fraction of sp³-hybridized carbons (Fsp3) is 0.412. The lowest BCUT2D eigenvalue weighted by molar-refractivity contribution is -0.123. The van der Waals surface area contributed by atoms with Gasteiger partial charge in [-0.15, -0.1) is 0 Å². The third-order valence-corrected chi connectivity index (χ3v) is 4.15. The molecule has 0 aromatic rings. The summed E-state index contributed by atoms with van der Waals surface area (Å²) >= 11 is 0. The van der Waals surface area contributed by atoms with Crippen molar-refractivity contribution in [1.82, 2.24) is 10.6 Å². The predicted molar refractivity (Wildman–Crippen MR) is 85.5 cm³/mol. The highest BCUT2D eigenvalue weighted by atomic mass is 16.2. The maximum Gasteiger partial charge on any atom is 0.268 e. The Hall–Kier alpha value is -2.50. The van der Waals surface area contributed by atoms with Crippen LogP contribution in [0.15, 0.2) is 40.6 Å². The van der Waals surface area contributed by atoms with Crippen molar-refractivity contribution >= 4 is 23.4 Å². The number of fused-ring (bicyclic) bond motifs is 1. The average Bonchev–Trinajstić information content (AvgIpc) is 2.94. The van der Waals surface area contributed by atoms with Crippen LogP contribution in [0.3, 0.4) is 0 Å². The van der Waals surface area contributed by atoms with Crippen molar-refractivity contribution in [2.45, 2.75) is 38.6 Å². The minimum absolute atomic E-state index is 0.0490. The first kappa shape index (κ1) is 15.4. The van der Waals surface area contributed by atoms with Crippen LogP contribution in [0.2, 0.25) is 0 Å². The number of nitrogens with one attached hydrogen (secondary N) is 2. The van der Waals surface area contributed by atoms with Gasteiger partial charge in [0.2, 0.25) is 11.8 Å². The van der Waals surface area contributed by atoms with E-state index >= 15 is 0 Å². The van der Waals surface area contributed by atoms with Crippen LogP contribution in [-0.2, 0) is 14.4 Å². The molecule has 3 amide bonds. The number of allylic oxidation sites excluding steroid dienone is 3. The number of hydrogen-bond donors (Lipinski definition) is 2. The van der Waals surface area contributed by atoms with E-state index in [-0.39, 0.29) is 23.6 Å². The number of carbonyl (C=O) groups excluding carboxylic acids is 3. The number of nitrogens with zero attached hydrogens (tertiary/aromatic N) is 1. The first-order valence-corrected chi connectivity index (χ1v) is 7.90. The highest BCUT2D eigenvalue weighted by molar-refractivity contribution is 6.12. The van der Waals surface area contributed by atoms with Crippen LogP contribution in [0.25, 0.3) is 0 Å². The minimum atomic E-state index is -0.531. The van der Waals surface area contributed by atoms with Gasteiger partial charge in [-0.2, -0.15) is 0 Å². The summed E-state index contributed by atoms with van der Waals surface area (Å²) in [6.45, 7) is 2.07. The Morgan fingerprint density at radius 3 is 2.87 bits per heavy atom. The summed E-state index contributed by atoms with van der Waals surface area (Å²) in [6.07, 6.45) is 9.81. The Morgan fingerprint density at radius 1 is 1.35 bits per heavy atom. The van der Waals surface area contributed by atoms with E-state index < -0.39 is 6.04 Å². The van der Waals surface area contributed by atoms with Gasteiger partial charge in [0.1, 0.15) is 6.04 Å². The Kier molecular flexibility index (Phi) is 4.23. The summed E-state index contributed by atoms with van der Waals surface area (Å²) in [5.74, 6) is -0.555. The summed E-state index contributed by atoms with van der Waals surface area (Å²) in [5.41, 5.74) is 2.33. The molecule has 0 aromatic carbocycles. The molecule has 3 aliphatic rings. The van der Waals surface area contributed by atoms with E-state index in [0.717, 1.165) is 24.1 Å². The topological polar surface area (TPSA) is 87.6 Å². The van der Waals surface area contributed by atoms with Crippen molar-refractivity contribution in [2.24, 2.45) is 10.9 Å². The molecule has 2 heterocycles. The standard InChI is InChI=1S/C17H19N3O3/c1-2-3-10-8-16(22)20-14-9-11(4-5-12(10)14)18-17(23)13-6-7-15(21)19-13/h4-5,8-9,12-13H,2-3,6-7H2,1H3,(H,19,21)(H,20,22). The van der Waals surface area contributed by atoms with Gasteiger partial charge >= 0.3 is 0 Å². The molecule has 2 N–H and O–H groups in total. The molecule has 120 valence electrons. The number of amides is 3. The Morgan fingerprint density at radius 2 is 2.17 bits per heavy atom. The predicted octanol–water partition coefficient (Wildman–Crippen LogP) is 1.16. The second kappa shape index (κ2) is 6.32. The molecular weight excluding hydrogens is 294 g/mol. The SMILES string of the molecule is CCCC1=CC(=O)NC2=CC(=NC(=O)C3CCC(=O)N3)C=CC12. The Balaban J connectivity index is 1.78. The molecule has 0 spiro atoms. The van der Waals surface area contributed by atoms with Crippen molar-refractivity contribution < 1.29 is 14.4 Å². The number of aliphatic imine (C=N–C) groups is 1. The Bertz CT molecular complexity index is 685. The van der Waals surface area contributed by atoms with Crippen molar-refractivity contribution in [3.05, 3.63) is 35.6 Å². The largest absolute Gasteiger partial charge is 0.344 e. The lowest BCUT2D eigenvalue weighted by Crippen LogP contribution is -2.34. The fourth-order valence-electron chi connectivity index (χ4n) is 3.06. The van der Waals surface area contributed by atoms with Crippen molar-refractivity contribution in [1.29, 1.82) is 0 Å². The summed E-state index contributed by atoms with van der Waals surface area (Å²) in [6, 6.07) is -0.531. The third kappa shape index (κ3) is 3.31. The van der Waals surface area contributed by atoms with Gasteiger partial charge in [0.05, 0.1) is 5.71 Å². The van der Waals surface area contributed by atoms with Gasteiger partial charge in [0.25, 0.3) is 5.91 Å². The van der Waals surface area contributed by atoms with Gasteiger partial charge in [-0.3, -0.25) is 14.4 Å². The van der Waals surface area contributed by atoms with E-state index in [1.165, 1.54) is 0 Å². The smallest absolute Gasteiger partial charge is 0.268 e. The zero-order valence-corrected chi connectivity index (χ0v) is 13.0. The van der Waals surface area contributed by atoms with E-state index in [2.05, 4.69) is 22.5 Å². The normalized spacial score (nSPS) is 28.0. The first-order valence-electron chi connectivity index (χ1n) is 7.90. The summed E-state index contributed by atoms with van der Waals surface area (Å²) in [5, 5.41) is 5.43. The van der Waals surface area contributed by atoms with Crippen LogP contribution in [-0.4, -0.2) is 29.5 Å². The van der Waals surface area contributed by atoms with Gasteiger partial charge in [-0.1, -0.05) is 25.0 Å².